The number of aromatic nitrogens is 4. The Kier molecular flexibility index (Phi) is 4.22. The molecule has 0 atom stereocenters. The van der Waals surface area contributed by atoms with E-state index in [0.29, 0.717) is 10.7 Å². The number of hydrogen-bond acceptors (Lipinski definition) is 3. The van der Waals surface area contributed by atoms with E-state index in [9.17, 15) is 4.79 Å². The Balaban J connectivity index is 2.38. The van der Waals surface area contributed by atoms with Crippen LogP contribution in [-0.2, 0) is 0 Å². The first-order chi connectivity index (χ1) is 11.1. The molecule has 1 N–H and O–H groups in total. The second kappa shape index (κ2) is 6.16. The van der Waals surface area contributed by atoms with E-state index in [0.717, 1.165) is 35.2 Å². The first kappa shape index (κ1) is 15.7. The molecule has 0 spiro atoms. The molecule has 3 aromatic rings. The molecule has 0 aromatic carbocycles. The van der Waals surface area contributed by atoms with Crippen molar-refractivity contribution in [3.63, 3.8) is 0 Å². The third-order valence-electron chi connectivity index (χ3n) is 4.20. The zero-order valence-electron chi connectivity index (χ0n) is 13.4. The lowest BCUT2D eigenvalue weighted by Gasteiger charge is -2.16. The summed E-state index contributed by atoms with van der Waals surface area (Å²) in [5.74, 6) is 0. The van der Waals surface area contributed by atoms with E-state index in [4.69, 9.17) is 11.6 Å². The molecule has 0 aliphatic carbocycles. The van der Waals surface area contributed by atoms with Gasteiger partial charge in [0.15, 0.2) is 5.65 Å². The third-order valence-corrected chi connectivity index (χ3v) is 4.49. The van der Waals surface area contributed by atoms with Crippen molar-refractivity contribution in [1.82, 2.24) is 19.5 Å². The minimum absolute atomic E-state index is 0.105. The molecule has 3 rings (SSSR count). The number of halogens is 1. The predicted molar refractivity (Wildman–Crippen MR) is 93.0 cm³/mol. The number of fused-ring (bicyclic) bond motifs is 1. The molecule has 23 heavy (non-hydrogen) atoms. The van der Waals surface area contributed by atoms with Crippen molar-refractivity contribution in [2.45, 2.75) is 39.7 Å². The number of pyridine rings is 2. The number of nitrogens with one attached hydrogen (secondary N) is 1. The summed E-state index contributed by atoms with van der Waals surface area (Å²) < 4.78 is 1.78. The van der Waals surface area contributed by atoms with E-state index >= 15 is 0 Å². The first-order valence-corrected chi connectivity index (χ1v) is 8.16. The summed E-state index contributed by atoms with van der Waals surface area (Å²) in [6.45, 7) is 6.08. The van der Waals surface area contributed by atoms with Crippen molar-refractivity contribution in [2.75, 3.05) is 0 Å². The van der Waals surface area contributed by atoms with E-state index in [1.54, 1.807) is 17.0 Å². The van der Waals surface area contributed by atoms with Crippen molar-refractivity contribution < 1.29 is 0 Å². The smallest absolute Gasteiger partial charge is 0.290 e. The summed E-state index contributed by atoms with van der Waals surface area (Å²) in [7, 11) is 0. The molecular weight excluding hydrogens is 312 g/mol. The van der Waals surface area contributed by atoms with Gasteiger partial charge < -0.3 is 0 Å². The summed E-state index contributed by atoms with van der Waals surface area (Å²) in [5.41, 5.74) is 3.77. The fourth-order valence-corrected chi connectivity index (χ4v) is 3.21. The number of aromatic amines is 1. The van der Waals surface area contributed by atoms with Crippen molar-refractivity contribution >= 4 is 22.8 Å². The molecule has 3 aromatic heterocycles. The summed E-state index contributed by atoms with van der Waals surface area (Å²) in [4.78, 5) is 23.9. The maximum absolute atomic E-state index is 12.5. The number of H-pyrrole nitrogens is 1. The van der Waals surface area contributed by atoms with Crippen molar-refractivity contribution in [3.05, 3.63) is 45.7 Å². The van der Waals surface area contributed by atoms with Crippen molar-refractivity contribution in [2.24, 2.45) is 0 Å². The van der Waals surface area contributed by atoms with Gasteiger partial charge in [-0.15, -0.1) is 0 Å². The van der Waals surface area contributed by atoms with E-state index in [-0.39, 0.29) is 11.7 Å². The van der Waals surface area contributed by atoms with Gasteiger partial charge in [0.05, 0.1) is 10.5 Å². The Morgan fingerprint density at radius 2 is 1.96 bits per heavy atom. The summed E-state index contributed by atoms with van der Waals surface area (Å²) in [6, 6.07) is 4.01. The van der Waals surface area contributed by atoms with Gasteiger partial charge in [-0.1, -0.05) is 31.5 Å². The normalized spacial score (nSPS) is 11.5. The molecule has 0 unspecified atom stereocenters. The van der Waals surface area contributed by atoms with Gasteiger partial charge in [0.25, 0.3) is 0 Å². The minimum Gasteiger partial charge on any atom is -0.290 e. The molecule has 120 valence electrons. The van der Waals surface area contributed by atoms with Crippen LogP contribution in [0.3, 0.4) is 0 Å². The molecular formula is C17H19ClN4O. The van der Waals surface area contributed by atoms with Gasteiger partial charge in [0.1, 0.15) is 0 Å². The molecule has 6 heteroatoms. The zero-order valence-corrected chi connectivity index (χ0v) is 14.2. The van der Waals surface area contributed by atoms with Crippen LogP contribution in [-0.4, -0.2) is 19.5 Å². The Morgan fingerprint density at radius 1 is 1.22 bits per heavy atom. The Bertz CT molecular complexity index is 891. The van der Waals surface area contributed by atoms with Crippen LogP contribution in [0.15, 0.2) is 29.3 Å². The highest BCUT2D eigenvalue weighted by Crippen LogP contribution is 2.34. The fourth-order valence-electron chi connectivity index (χ4n) is 2.96. The minimum atomic E-state index is -0.148. The van der Waals surface area contributed by atoms with Gasteiger partial charge in [0.2, 0.25) is 0 Å². The van der Waals surface area contributed by atoms with Crippen LogP contribution in [0.2, 0.25) is 5.02 Å². The Hall–Kier alpha value is -2.14. The number of hydrogen-bond donors (Lipinski definition) is 1. The van der Waals surface area contributed by atoms with Gasteiger partial charge in [-0.05, 0) is 25.8 Å². The maximum atomic E-state index is 12.5. The summed E-state index contributed by atoms with van der Waals surface area (Å²) >= 11 is 6.43. The van der Waals surface area contributed by atoms with Crippen LogP contribution in [0.25, 0.3) is 22.3 Å². The third kappa shape index (κ3) is 2.65. The lowest BCUT2D eigenvalue weighted by molar-refractivity contribution is 0.472. The summed E-state index contributed by atoms with van der Waals surface area (Å²) in [6.07, 6.45) is 5.08. The summed E-state index contributed by atoms with van der Waals surface area (Å²) in [5, 5.41) is 0.516. The van der Waals surface area contributed by atoms with Gasteiger partial charge in [-0.2, -0.15) is 0 Å². The van der Waals surface area contributed by atoms with Gasteiger partial charge in [-0.25, -0.2) is 9.78 Å². The second-order valence-electron chi connectivity index (χ2n) is 5.64. The van der Waals surface area contributed by atoms with Gasteiger partial charge in [0, 0.05) is 35.3 Å². The highest BCUT2D eigenvalue weighted by atomic mass is 35.5. The van der Waals surface area contributed by atoms with Crippen LogP contribution < -0.4 is 5.69 Å². The highest BCUT2D eigenvalue weighted by molar-refractivity contribution is 6.34. The first-order valence-electron chi connectivity index (χ1n) is 7.78. The number of imidazole rings is 1. The van der Waals surface area contributed by atoms with E-state index < -0.39 is 0 Å². The Morgan fingerprint density at radius 3 is 2.57 bits per heavy atom. The van der Waals surface area contributed by atoms with Crippen molar-refractivity contribution in [3.8, 4) is 11.1 Å². The van der Waals surface area contributed by atoms with Crippen LogP contribution in [0, 0.1) is 6.92 Å². The van der Waals surface area contributed by atoms with Crippen LogP contribution >= 0.6 is 11.6 Å². The Labute approximate surface area is 139 Å². The average Bonchev–Trinajstić information content (AvgIpc) is 2.87. The van der Waals surface area contributed by atoms with Crippen LogP contribution in [0.5, 0.6) is 0 Å². The molecule has 5 nitrogen and oxygen atoms in total. The van der Waals surface area contributed by atoms with E-state index in [1.807, 2.05) is 19.1 Å². The highest BCUT2D eigenvalue weighted by Gasteiger charge is 2.20. The molecule has 0 bridgehead atoms. The number of aryl methyl sites for hydroxylation is 1. The number of rotatable bonds is 4. The zero-order chi connectivity index (χ0) is 16.6. The quantitative estimate of drug-likeness (QED) is 0.783. The molecule has 0 fully saturated rings. The molecule has 0 radical (unpaired) electrons. The van der Waals surface area contributed by atoms with E-state index in [2.05, 4.69) is 28.8 Å². The molecule has 0 saturated carbocycles. The fraction of sp³-hybridized carbons (Fsp3) is 0.353. The maximum Gasteiger partial charge on any atom is 0.327 e. The molecule has 0 saturated heterocycles. The molecule has 0 aliphatic heterocycles. The monoisotopic (exact) mass is 330 g/mol. The van der Waals surface area contributed by atoms with Crippen LogP contribution in [0.4, 0.5) is 0 Å². The van der Waals surface area contributed by atoms with Crippen LogP contribution in [0.1, 0.15) is 38.4 Å². The molecule has 0 amide bonds. The largest absolute Gasteiger partial charge is 0.327 e. The van der Waals surface area contributed by atoms with Gasteiger partial charge >= 0.3 is 5.69 Å². The lowest BCUT2D eigenvalue weighted by atomic mass is 10.1. The molecule has 3 heterocycles. The lowest BCUT2D eigenvalue weighted by Crippen LogP contribution is -2.21. The van der Waals surface area contributed by atoms with Gasteiger partial charge in [-0.3, -0.25) is 14.5 Å². The molecule has 0 aliphatic rings. The standard InChI is InChI=1S/C17H19ClN4O/c1-4-12(5-2)22-15-14(11-7-6-10(3)19-8-11)13(18)9-20-16(15)21-17(22)23/h6-9,12H,4-5H2,1-3H3,(H,20,21,23). The predicted octanol–water partition coefficient (Wildman–Crippen LogP) is 4.11. The topological polar surface area (TPSA) is 63.6 Å². The van der Waals surface area contributed by atoms with Crippen molar-refractivity contribution in [1.29, 1.82) is 0 Å². The van der Waals surface area contributed by atoms with E-state index in [1.165, 1.54) is 0 Å². The average molecular weight is 331 g/mol. The SMILES string of the molecule is CCC(CC)n1c(=O)[nH]c2ncc(Cl)c(-c3ccc(C)nc3)c21. The number of nitrogens with zero attached hydrogens (tertiary/aromatic N) is 3. The second-order valence-corrected chi connectivity index (χ2v) is 6.04.